The van der Waals surface area contributed by atoms with Gasteiger partial charge in [-0.15, -0.1) is 0 Å². The number of hydrogen-bond acceptors (Lipinski definition) is 3. The summed E-state index contributed by atoms with van der Waals surface area (Å²) in [6, 6.07) is 1.89. The van der Waals surface area contributed by atoms with Crippen LogP contribution >= 0.6 is 11.6 Å². The van der Waals surface area contributed by atoms with E-state index in [1.54, 1.807) is 0 Å². The van der Waals surface area contributed by atoms with Gasteiger partial charge in [0.2, 0.25) is 0 Å². The summed E-state index contributed by atoms with van der Waals surface area (Å²) in [5, 5.41) is 8.07. The molecule has 0 radical (unpaired) electrons. The van der Waals surface area contributed by atoms with Crippen molar-refractivity contribution in [2.24, 2.45) is 0 Å². The molecule has 0 unspecified atom stereocenters. The number of halogens is 4. The van der Waals surface area contributed by atoms with Gasteiger partial charge >= 0.3 is 6.18 Å². The van der Waals surface area contributed by atoms with Crippen molar-refractivity contribution in [3.05, 3.63) is 22.5 Å². The van der Waals surface area contributed by atoms with Gasteiger partial charge in [-0.05, 0) is 6.07 Å². The van der Waals surface area contributed by atoms with Gasteiger partial charge in [0.1, 0.15) is 6.07 Å². The maximum Gasteiger partial charge on any atom is 0.419 e. The normalized spacial score (nSPS) is 11.1. The van der Waals surface area contributed by atoms with Gasteiger partial charge in [-0.1, -0.05) is 11.6 Å². The number of alkyl halides is 3. The largest absolute Gasteiger partial charge is 0.419 e. The molecule has 0 aliphatic heterocycles. The minimum atomic E-state index is -4.66. The Balaban J connectivity index is 3.45. The van der Waals surface area contributed by atoms with Crippen LogP contribution in [0.15, 0.2) is 6.07 Å². The van der Waals surface area contributed by atoms with E-state index in [0.29, 0.717) is 6.07 Å². The average Bonchev–Trinajstić information content (AvgIpc) is 2.07. The number of nitrogens with two attached hydrogens (primary N) is 1. The quantitative estimate of drug-likeness (QED) is 0.683. The van der Waals surface area contributed by atoms with E-state index in [9.17, 15) is 13.2 Å². The Morgan fingerprint density at radius 2 is 2.07 bits per heavy atom. The lowest BCUT2D eigenvalue weighted by molar-refractivity contribution is -0.138. The number of nitrogens with zero attached hydrogens (tertiary/aromatic N) is 2. The van der Waals surface area contributed by atoms with Crippen molar-refractivity contribution in [1.82, 2.24) is 4.98 Å². The number of pyridine rings is 1. The number of anilines is 1. The van der Waals surface area contributed by atoms with E-state index in [1.807, 2.05) is 0 Å². The topological polar surface area (TPSA) is 62.7 Å². The van der Waals surface area contributed by atoms with Crippen molar-refractivity contribution in [2.75, 3.05) is 5.73 Å². The highest BCUT2D eigenvalue weighted by Crippen LogP contribution is 2.33. The molecule has 0 bridgehead atoms. The van der Waals surface area contributed by atoms with Crippen molar-refractivity contribution >= 4 is 17.3 Å². The molecule has 0 amide bonds. The first kappa shape index (κ1) is 10.6. The molecule has 1 heterocycles. The second-order valence-electron chi connectivity index (χ2n) is 2.37. The van der Waals surface area contributed by atoms with Gasteiger partial charge in [-0.3, -0.25) is 0 Å². The lowest BCUT2D eigenvalue weighted by Gasteiger charge is -2.08. The summed E-state index contributed by atoms with van der Waals surface area (Å²) in [7, 11) is 0. The average molecular weight is 222 g/mol. The minimum absolute atomic E-state index is 0.307. The Kier molecular flexibility index (Phi) is 2.53. The molecule has 0 aliphatic carbocycles. The van der Waals surface area contributed by atoms with Crippen LogP contribution in [0.2, 0.25) is 5.15 Å². The summed E-state index contributed by atoms with van der Waals surface area (Å²) in [6.07, 6.45) is -4.66. The number of rotatable bonds is 0. The molecule has 0 spiro atoms. The van der Waals surface area contributed by atoms with Crippen LogP contribution in [-0.4, -0.2) is 4.98 Å². The fourth-order valence-electron chi connectivity index (χ4n) is 0.808. The first-order chi connectivity index (χ1) is 6.36. The van der Waals surface area contributed by atoms with Crippen molar-refractivity contribution in [2.45, 2.75) is 6.18 Å². The van der Waals surface area contributed by atoms with Gasteiger partial charge in [0.25, 0.3) is 0 Å². The first-order valence-electron chi connectivity index (χ1n) is 3.29. The highest BCUT2D eigenvalue weighted by molar-refractivity contribution is 6.31. The van der Waals surface area contributed by atoms with E-state index >= 15 is 0 Å². The second kappa shape index (κ2) is 3.35. The SMILES string of the molecule is N#Cc1nc(Cl)c(N)cc1C(F)(F)F. The van der Waals surface area contributed by atoms with Crippen LogP contribution in [0.25, 0.3) is 0 Å². The van der Waals surface area contributed by atoms with Crippen LogP contribution in [-0.2, 0) is 6.18 Å². The van der Waals surface area contributed by atoms with Gasteiger partial charge in [-0.2, -0.15) is 18.4 Å². The maximum atomic E-state index is 12.3. The van der Waals surface area contributed by atoms with Gasteiger partial charge < -0.3 is 5.73 Å². The summed E-state index contributed by atoms with van der Waals surface area (Å²) in [4.78, 5) is 3.22. The molecule has 3 nitrogen and oxygen atoms in total. The molecule has 74 valence electrons. The highest BCUT2D eigenvalue weighted by Gasteiger charge is 2.35. The van der Waals surface area contributed by atoms with E-state index in [4.69, 9.17) is 22.6 Å². The molecule has 0 saturated carbocycles. The fourth-order valence-corrected chi connectivity index (χ4v) is 0.947. The molecule has 7 heteroatoms. The molecule has 1 aromatic heterocycles. The molecule has 1 rings (SSSR count). The standard InChI is InChI=1S/C7H3ClF3N3/c8-6-4(13)1-3(7(9,10)11)5(2-12)14-6/h1H,13H2. The Morgan fingerprint density at radius 1 is 1.50 bits per heavy atom. The predicted molar refractivity (Wildman–Crippen MR) is 43.4 cm³/mol. The van der Waals surface area contributed by atoms with Gasteiger partial charge in [0.15, 0.2) is 10.8 Å². The molecule has 0 aliphatic rings. The third-order valence-electron chi connectivity index (χ3n) is 1.41. The zero-order valence-corrected chi connectivity index (χ0v) is 7.32. The van der Waals surface area contributed by atoms with Crippen LogP contribution in [0.3, 0.4) is 0 Å². The van der Waals surface area contributed by atoms with E-state index in [1.165, 1.54) is 6.07 Å². The summed E-state index contributed by atoms with van der Waals surface area (Å²) in [6.45, 7) is 0. The van der Waals surface area contributed by atoms with E-state index in [0.717, 1.165) is 0 Å². The molecular formula is C7H3ClF3N3. The van der Waals surface area contributed by atoms with Crippen LogP contribution in [0.5, 0.6) is 0 Å². The smallest absolute Gasteiger partial charge is 0.396 e. The zero-order chi connectivity index (χ0) is 10.9. The fraction of sp³-hybridized carbons (Fsp3) is 0.143. The van der Waals surface area contributed by atoms with Crippen molar-refractivity contribution in [3.63, 3.8) is 0 Å². The Bertz CT molecular complexity index is 408. The Labute approximate surface area is 81.9 Å². The van der Waals surface area contributed by atoms with Crippen molar-refractivity contribution < 1.29 is 13.2 Å². The maximum absolute atomic E-state index is 12.3. The first-order valence-corrected chi connectivity index (χ1v) is 3.67. The van der Waals surface area contributed by atoms with Gasteiger partial charge in [0, 0.05) is 0 Å². The summed E-state index contributed by atoms with van der Waals surface area (Å²) in [5.74, 6) is 0. The lowest BCUT2D eigenvalue weighted by atomic mass is 10.2. The highest BCUT2D eigenvalue weighted by atomic mass is 35.5. The van der Waals surface area contributed by atoms with E-state index in [-0.39, 0.29) is 10.8 Å². The molecular weight excluding hydrogens is 219 g/mol. The molecule has 0 saturated heterocycles. The van der Waals surface area contributed by atoms with Crippen LogP contribution in [0.4, 0.5) is 18.9 Å². The van der Waals surface area contributed by atoms with Gasteiger partial charge in [0.05, 0.1) is 11.3 Å². The number of nitriles is 1. The third kappa shape index (κ3) is 1.88. The molecule has 14 heavy (non-hydrogen) atoms. The van der Waals surface area contributed by atoms with Crippen LogP contribution < -0.4 is 5.73 Å². The third-order valence-corrected chi connectivity index (χ3v) is 1.72. The van der Waals surface area contributed by atoms with Gasteiger partial charge in [-0.25, -0.2) is 4.98 Å². The predicted octanol–water partition coefficient (Wildman–Crippen LogP) is 2.21. The Hall–Kier alpha value is -1.48. The van der Waals surface area contributed by atoms with E-state index < -0.39 is 17.4 Å². The Morgan fingerprint density at radius 3 is 2.50 bits per heavy atom. The minimum Gasteiger partial charge on any atom is -0.396 e. The summed E-state index contributed by atoms with van der Waals surface area (Å²) in [5.41, 5.74) is 2.87. The molecule has 1 aromatic rings. The zero-order valence-electron chi connectivity index (χ0n) is 6.56. The molecule has 2 N–H and O–H groups in total. The molecule has 0 atom stereocenters. The lowest BCUT2D eigenvalue weighted by Crippen LogP contribution is -2.10. The van der Waals surface area contributed by atoms with Crippen molar-refractivity contribution in [1.29, 1.82) is 5.26 Å². The van der Waals surface area contributed by atoms with Crippen LogP contribution in [0.1, 0.15) is 11.3 Å². The summed E-state index contributed by atoms with van der Waals surface area (Å²) < 4.78 is 36.8. The molecule has 0 aromatic carbocycles. The summed E-state index contributed by atoms with van der Waals surface area (Å²) >= 11 is 5.36. The van der Waals surface area contributed by atoms with Crippen molar-refractivity contribution in [3.8, 4) is 6.07 Å². The second-order valence-corrected chi connectivity index (χ2v) is 2.73. The molecule has 0 fully saturated rings. The monoisotopic (exact) mass is 221 g/mol. The number of hydrogen-bond donors (Lipinski definition) is 1. The van der Waals surface area contributed by atoms with E-state index in [2.05, 4.69) is 4.98 Å². The number of aromatic nitrogens is 1. The van der Waals surface area contributed by atoms with Crippen LogP contribution in [0, 0.1) is 11.3 Å². The number of nitrogen functional groups attached to an aromatic ring is 1.